The van der Waals surface area contributed by atoms with Crippen molar-refractivity contribution in [2.75, 3.05) is 12.4 Å². The van der Waals surface area contributed by atoms with Crippen LogP contribution in [0.1, 0.15) is 0 Å². The van der Waals surface area contributed by atoms with E-state index in [0.29, 0.717) is 17.1 Å². The van der Waals surface area contributed by atoms with Gasteiger partial charge in [-0.05, 0) is 6.07 Å². The van der Waals surface area contributed by atoms with Crippen LogP contribution in [0, 0.1) is 5.82 Å². The van der Waals surface area contributed by atoms with Crippen LogP contribution in [0.15, 0.2) is 30.9 Å². The van der Waals surface area contributed by atoms with Crippen molar-refractivity contribution in [1.82, 2.24) is 15.0 Å². The van der Waals surface area contributed by atoms with Gasteiger partial charge in [0.15, 0.2) is 0 Å². The largest absolute Gasteiger partial charge is 0.373 e. The van der Waals surface area contributed by atoms with E-state index in [1.54, 1.807) is 19.3 Å². The number of rotatable bonds is 2. The van der Waals surface area contributed by atoms with Crippen molar-refractivity contribution < 1.29 is 4.39 Å². The summed E-state index contributed by atoms with van der Waals surface area (Å²) in [5, 5.41) is 2.89. The molecule has 0 saturated heterocycles. The SMILES string of the molecule is CNc1cc(-c2cncc(F)c2)ncn1. The van der Waals surface area contributed by atoms with E-state index in [9.17, 15) is 4.39 Å². The molecule has 0 unspecified atom stereocenters. The lowest BCUT2D eigenvalue weighted by Crippen LogP contribution is -1.94. The molecule has 2 rings (SSSR count). The van der Waals surface area contributed by atoms with Gasteiger partial charge in [0, 0.05) is 24.9 Å². The van der Waals surface area contributed by atoms with Crippen LogP contribution in [0.25, 0.3) is 11.3 Å². The smallest absolute Gasteiger partial charge is 0.142 e. The molecule has 0 fully saturated rings. The second-order valence-electron chi connectivity index (χ2n) is 2.93. The molecule has 2 aromatic heterocycles. The molecule has 0 aromatic carbocycles. The predicted molar refractivity (Wildman–Crippen MR) is 54.8 cm³/mol. The van der Waals surface area contributed by atoms with Crippen molar-refractivity contribution in [2.45, 2.75) is 0 Å². The van der Waals surface area contributed by atoms with E-state index in [0.717, 1.165) is 6.20 Å². The molecular formula is C10H9FN4. The fourth-order valence-electron chi connectivity index (χ4n) is 1.20. The van der Waals surface area contributed by atoms with Gasteiger partial charge in [-0.25, -0.2) is 14.4 Å². The van der Waals surface area contributed by atoms with E-state index < -0.39 is 0 Å². The van der Waals surface area contributed by atoms with E-state index in [-0.39, 0.29) is 5.82 Å². The first-order valence-electron chi connectivity index (χ1n) is 4.40. The summed E-state index contributed by atoms with van der Waals surface area (Å²) in [7, 11) is 1.76. The molecule has 0 spiro atoms. The van der Waals surface area contributed by atoms with Crippen molar-refractivity contribution >= 4 is 5.82 Å². The number of hydrogen-bond acceptors (Lipinski definition) is 4. The summed E-state index contributed by atoms with van der Waals surface area (Å²) in [6, 6.07) is 3.12. The molecule has 76 valence electrons. The number of hydrogen-bond donors (Lipinski definition) is 1. The topological polar surface area (TPSA) is 50.7 Å². The Bertz CT molecular complexity index is 472. The Kier molecular flexibility index (Phi) is 2.53. The van der Waals surface area contributed by atoms with E-state index in [1.165, 1.54) is 12.4 Å². The highest BCUT2D eigenvalue weighted by molar-refractivity contribution is 5.60. The van der Waals surface area contributed by atoms with Crippen molar-refractivity contribution in [3.05, 3.63) is 36.7 Å². The molecule has 0 amide bonds. The van der Waals surface area contributed by atoms with Gasteiger partial charge in [-0.2, -0.15) is 0 Å². The molecule has 2 heterocycles. The van der Waals surface area contributed by atoms with Gasteiger partial charge in [0.1, 0.15) is 18.0 Å². The molecular weight excluding hydrogens is 195 g/mol. The third-order valence-electron chi connectivity index (χ3n) is 1.92. The van der Waals surface area contributed by atoms with Crippen molar-refractivity contribution in [2.24, 2.45) is 0 Å². The van der Waals surface area contributed by atoms with Gasteiger partial charge < -0.3 is 5.32 Å². The standard InChI is InChI=1S/C10H9FN4/c1-12-10-3-9(14-6-15-10)7-2-8(11)5-13-4-7/h2-6H,1H3,(H,12,14,15). The van der Waals surface area contributed by atoms with Gasteiger partial charge in [0.25, 0.3) is 0 Å². The minimum Gasteiger partial charge on any atom is -0.373 e. The molecule has 15 heavy (non-hydrogen) atoms. The van der Waals surface area contributed by atoms with Gasteiger partial charge in [0.2, 0.25) is 0 Å². The van der Waals surface area contributed by atoms with Crippen molar-refractivity contribution in [3.8, 4) is 11.3 Å². The van der Waals surface area contributed by atoms with E-state index in [2.05, 4.69) is 20.3 Å². The van der Waals surface area contributed by atoms with Crippen molar-refractivity contribution in [1.29, 1.82) is 0 Å². The van der Waals surface area contributed by atoms with Crippen LogP contribution < -0.4 is 5.32 Å². The molecule has 0 saturated carbocycles. The number of halogens is 1. The molecule has 1 N–H and O–H groups in total. The Labute approximate surface area is 86.2 Å². The maximum Gasteiger partial charge on any atom is 0.142 e. The molecule has 4 nitrogen and oxygen atoms in total. The van der Waals surface area contributed by atoms with Crippen LogP contribution in [-0.4, -0.2) is 22.0 Å². The fourth-order valence-corrected chi connectivity index (χ4v) is 1.20. The van der Waals surface area contributed by atoms with E-state index in [4.69, 9.17) is 0 Å². The first-order chi connectivity index (χ1) is 7.29. The van der Waals surface area contributed by atoms with E-state index in [1.807, 2.05) is 0 Å². The quantitative estimate of drug-likeness (QED) is 0.809. The molecule has 0 radical (unpaired) electrons. The second-order valence-corrected chi connectivity index (χ2v) is 2.93. The first kappa shape index (κ1) is 9.51. The minimum atomic E-state index is -0.378. The van der Waals surface area contributed by atoms with Crippen molar-refractivity contribution in [3.63, 3.8) is 0 Å². The summed E-state index contributed by atoms with van der Waals surface area (Å²) >= 11 is 0. The minimum absolute atomic E-state index is 0.378. The Balaban J connectivity index is 2.44. The van der Waals surface area contributed by atoms with Gasteiger partial charge >= 0.3 is 0 Å². The third kappa shape index (κ3) is 2.07. The van der Waals surface area contributed by atoms with Crippen LogP contribution in [-0.2, 0) is 0 Å². The molecule has 0 bridgehead atoms. The summed E-state index contributed by atoms with van der Waals surface area (Å²) in [6.45, 7) is 0. The van der Waals surface area contributed by atoms with Crippen LogP contribution in [0.3, 0.4) is 0 Å². The molecule has 0 aliphatic carbocycles. The van der Waals surface area contributed by atoms with E-state index >= 15 is 0 Å². The summed E-state index contributed by atoms with van der Waals surface area (Å²) in [6.07, 6.45) is 4.14. The van der Waals surface area contributed by atoms with Gasteiger partial charge in [-0.1, -0.05) is 0 Å². The third-order valence-corrected chi connectivity index (χ3v) is 1.92. The zero-order valence-electron chi connectivity index (χ0n) is 8.11. The zero-order valence-corrected chi connectivity index (χ0v) is 8.11. The lowest BCUT2D eigenvalue weighted by atomic mass is 10.2. The highest BCUT2D eigenvalue weighted by atomic mass is 19.1. The number of nitrogens with one attached hydrogen (secondary N) is 1. The highest BCUT2D eigenvalue weighted by Crippen LogP contribution is 2.17. The van der Waals surface area contributed by atoms with Gasteiger partial charge in [-0.3, -0.25) is 4.98 Å². The monoisotopic (exact) mass is 204 g/mol. The average Bonchev–Trinajstić information content (AvgIpc) is 2.29. The number of nitrogens with zero attached hydrogens (tertiary/aromatic N) is 3. The molecule has 0 aliphatic heterocycles. The summed E-state index contributed by atoms with van der Waals surface area (Å²) in [5.41, 5.74) is 1.27. The Morgan fingerprint density at radius 2 is 2.07 bits per heavy atom. The normalized spacial score (nSPS) is 10.0. The van der Waals surface area contributed by atoms with Crippen LogP contribution in [0.4, 0.5) is 10.2 Å². The van der Waals surface area contributed by atoms with Gasteiger partial charge in [-0.15, -0.1) is 0 Å². The summed E-state index contributed by atoms with van der Waals surface area (Å²) in [5.74, 6) is 0.307. The Morgan fingerprint density at radius 3 is 2.80 bits per heavy atom. The molecule has 2 aromatic rings. The van der Waals surface area contributed by atoms with Crippen LogP contribution >= 0.6 is 0 Å². The first-order valence-corrected chi connectivity index (χ1v) is 4.40. The second kappa shape index (κ2) is 4.00. The molecule has 0 atom stereocenters. The molecule has 5 heteroatoms. The number of pyridine rings is 1. The lowest BCUT2D eigenvalue weighted by Gasteiger charge is -2.02. The molecule has 0 aliphatic rings. The highest BCUT2D eigenvalue weighted by Gasteiger charge is 2.02. The van der Waals surface area contributed by atoms with Crippen LogP contribution in [0.5, 0.6) is 0 Å². The lowest BCUT2D eigenvalue weighted by molar-refractivity contribution is 0.622. The Hall–Kier alpha value is -2.04. The predicted octanol–water partition coefficient (Wildman–Crippen LogP) is 1.72. The van der Waals surface area contributed by atoms with Crippen LogP contribution in [0.2, 0.25) is 0 Å². The zero-order chi connectivity index (χ0) is 10.7. The Morgan fingerprint density at radius 1 is 1.20 bits per heavy atom. The van der Waals surface area contributed by atoms with Gasteiger partial charge in [0.05, 0.1) is 11.9 Å². The number of aromatic nitrogens is 3. The summed E-state index contributed by atoms with van der Waals surface area (Å²) in [4.78, 5) is 11.8. The maximum atomic E-state index is 12.9. The fraction of sp³-hybridized carbons (Fsp3) is 0.100. The summed E-state index contributed by atoms with van der Waals surface area (Å²) < 4.78 is 12.9. The number of anilines is 1. The average molecular weight is 204 g/mol. The maximum absolute atomic E-state index is 12.9.